The molecule has 2 aliphatic rings. The molecule has 144 valence electrons. The van der Waals surface area contributed by atoms with Crippen LogP contribution in [0, 0.1) is 0 Å². The van der Waals surface area contributed by atoms with Gasteiger partial charge in [-0.25, -0.2) is 0 Å². The fourth-order valence-electron chi connectivity index (χ4n) is 4.05. The lowest BCUT2D eigenvalue weighted by Crippen LogP contribution is -2.39. The van der Waals surface area contributed by atoms with Crippen LogP contribution in [0.2, 0.25) is 0 Å². The van der Waals surface area contributed by atoms with Crippen molar-refractivity contribution in [1.82, 2.24) is 24.6 Å². The van der Waals surface area contributed by atoms with Gasteiger partial charge in [0.2, 0.25) is 5.91 Å². The molecular formula is C19H25N5O2S. The average Bonchev–Trinajstić information content (AvgIpc) is 3.33. The van der Waals surface area contributed by atoms with Gasteiger partial charge in [-0.1, -0.05) is 13.0 Å². The third kappa shape index (κ3) is 3.50. The normalized spacial score (nSPS) is 20.3. The van der Waals surface area contributed by atoms with Gasteiger partial charge < -0.3 is 14.4 Å². The maximum atomic E-state index is 12.7. The zero-order chi connectivity index (χ0) is 18.8. The first kappa shape index (κ1) is 18.2. The van der Waals surface area contributed by atoms with Gasteiger partial charge in [-0.15, -0.1) is 21.5 Å². The van der Waals surface area contributed by atoms with Gasteiger partial charge in [0.25, 0.3) is 5.91 Å². The van der Waals surface area contributed by atoms with Crippen LogP contribution in [0.25, 0.3) is 0 Å². The van der Waals surface area contributed by atoms with Crippen molar-refractivity contribution in [3.63, 3.8) is 0 Å². The van der Waals surface area contributed by atoms with E-state index in [1.54, 1.807) is 0 Å². The van der Waals surface area contributed by atoms with E-state index >= 15 is 0 Å². The van der Waals surface area contributed by atoms with Crippen LogP contribution in [0.15, 0.2) is 17.5 Å². The number of hydrogen-bond acceptors (Lipinski definition) is 5. The van der Waals surface area contributed by atoms with Crippen LogP contribution in [0.1, 0.15) is 60.0 Å². The molecule has 0 bridgehead atoms. The smallest absolute Gasteiger partial charge is 0.263 e. The van der Waals surface area contributed by atoms with Gasteiger partial charge >= 0.3 is 0 Å². The van der Waals surface area contributed by atoms with Gasteiger partial charge in [0.1, 0.15) is 5.82 Å². The van der Waals surface area contributed by atoms with Gasteiger partial charge in [0, 0.05) is 39.0 Å². The Kier molecular flexibility index (Phi) is 5.24. The molecule has 8 heteroatoms. The maximum Gasteiger partial charge on any atom is 0.263 e. The largest absolute Gasteiger partial charge is 0.336 e. The number of amides is 2. The van der Waals surface area contributed by atoms with E-state index in [2.05, 4.69) is 14.8 Å². The number of carbonyl (C=O) groups excluding carboxylic acids is 2. The highest BCUT2D eigenvalue weighted by atomic mass is 32.1. The molecule has 2 aromatic heterocycles. The summed E-state index contributed by atoms with van der Waals surface area (Å²) in [5, 5.41) is 10.8. The summed E-state index contributed by atoms with van der Waals surface area (Å²) in [5.41, 5.74) is 0. The molecule has 7 nitrogen and oxygen atoms in total. The number of likely N-dealkylation sites (tertiary alicyclic amines) is 1. The Bertz CT molecular complexity index is 816. The number of hydrogen-bond donors (Lipinski definition) is 0. The topological polar surface area (TPSA) is 71.3 Å². The van der Waals surface area contributed by atoms with E-state index < -0.39 is 0 Å². The predicted octanol–water partition coefficient (Wildman–Crippen LogP) is 2.50. The number of carbonyl (C=O) groups is 2. The standard InChI is InChI=1S/C19H25N5O2S/c1-2-17(25)23-9-4-3-6-14(23)18-21-20-16-8-10-22(11-12-24(16)18)19(26)15-7-5-13-27-15/h5,7,13-14H,2-4,6,8-12H2,1H3. The first-order valence-corrected chi connectivity index (χ1v) is 10.6. The van der Waals surface area contributed by atoms with E-state index in [-0.39, 0.29) is 17.9 Å². The Balaban J connectivity index is 1.54. The summed E-state index contributed by atoms with van der Waals surface area (Å²) in [5.74, 6) is 2.07. The Morgan fingerprint density at radius 2 is 2.07 bits per heavy atom. The number of fused-ring (bicyclic) bond motifs is 1. The highest BCUT2D eigenvalue weighted by molar-refractivity contribution is 7.12. The number of aromatic nitrogens is 3. The minimum Gasteiger partial charge on any atom is -0.336 e. The van der Waals surface area contributed by atoms with E-state index in [4.69, 9.17) is 0 Å². The molecule has 2 amide bonds. The van der Waals surface area contributed by atoms with Crippen molar-refractivity contribution in [2.75, 3.05) is 19.6 Å². The minimum absolute atomic E-state index is 0.00648. The van der Waals surface area contributed by atoms with E-state index in [1.165, 1.54) is 11.3 Å². The summed E-state index contributed by atoms with van der Waals surface area (Å²) in [4.78, 5) is 29.7. The molecule has 1 atom stereocenters. The van der Waals surface area contributed by atoms with Gasteiger partial charge in [-0.05, 0) is 30.7 Å². The highest BCUT2D eigenvalue weighted by Crippen LogP contribution is 2.31. The summed E-state index contributed by atoms with van der Waals surface area (Å²) in [6, 6.07) is 3.79. The Morgan fingerprint density at radius 3 is 2.85 bits per heavy atom. The molecule has 0 spiro atoms. The zero-order valence-corrected chi connectivity index (χ0v) is 16.5. The summed E-state index contributed by atoms with van der Waals surface area (Å²) >= 11 is 1.48. The van der Waals surface area contributed by atoms with Crippen LogP contribution in [0.5, 0.6) is 0 Å². The molecule has 2 aromatic rings. The van der Waals surface area contributed by atoms with E-state index in [0.717, 1.165) is 42.3 Å². The second-order valence-corrected chi connectivity index (χ2v) is 8.05. The molecular weight excluding hydrogens is 362 g/mol. The SMILES string of the molecule is CCC(=O)N1CCCCC1c1nnc2n1CCN(C(=O)c1cccs1)CC2. The van der Waals surface area contributed by atoms with Crippen LogP contribution in [-0.4, -0.2) is 56.0 Å². The number of nitrogens with zero attached hydrogens (tertiary/aromatic N) is 5. The lowest BCUT2D eigenvalue weighted by Gasteiger charge is -2.35. The molecule has 4 rings (SSSR count). The van der Waals surface area contributed by atoms with Crippen molar-refractivity contribution in [3.8, 4) is 0 Å². The lowest BCUT2D eigenvalue weighted by molar-refractivity contribution is -0.135. The van der Waals surface area contributed by atoms with Gasteiger partial charge in [0.15, 0.2) is 5.82 Å². The summed E-state index contributed by atoms with van der Waals surface area (Å²) in [6.45, 7) is 4.68. The van der Waals surface area contributed by atoms with Crippen molar-refractivity contribution in [2.45, 2.75) is 51.6 Å². The van der Waals surface area contributed by atoms with Crippen LogP contribution in [0.4, 0.5) is 0 Å². The monoisotopic (exact) mass is 387 g/mol. The van der Waals surface area contributed by atoms with Gasteiger partial charge in [0.05, 0.1) is 10.9 Å². The van der Waals surface area contributed by atoms with E-state index in [1.807, 2.05) is 34.2 Å². The van der Waals surface area contributed by atoms with Crippen LogP contribution in [-0.2, 0) is 17.8 Å². The van der Waals surface area contributed by atoms with Crippen molar-refractivity contribution in [2.24, 2.45) is 0 Å². The molecule has 0 radical (unpaired) electrons. The fourth-order valence-corrected chi connectivity index (χ4v) is 4.74. The second-order valence-electron chi connectivity index (χ2n) is 7.10. The third-order valence-corrected chi connectivity index (χ3v) is 6.36. The first-order chi connectivity index (χ1) is 13.2. The van der Waals surface area contributed by atoms with Gasteiger partial charge in [-0.2, -0.15) is 0 Å². The second kappa shape index (κ2) is 7.80. The molecule has 1 unspecified atom stereocenters. The molecule has 27 heavy (non-hydrogen) atoms. The van der Waals surface area contributed by atoms with Crippen molar-refractivity contribution < 1.29 is 9.59 Å². The molecule has 2 aliphatic heterocycles. The molecule has 0 aliphatic carbocycles. The fraction of sp³-hybridized carbons (Fsp3) is 0.579. The lowest BCUT2D eigenvalue weighted by atomic mass is 10.0. The highest BCUT2D eigenvalue weighted by Gasteiger charge is 2.33. The Morgan fingerprint density at radius 1 is 1.19 bits per heavy atom. The van der Waals surface area contributed by atoms with Crippen LogP contribution < -0.4 is 0 Å². The van der Waals surface area contributed by atoms with Crippen molar-refractivity contribution in [1.29, 1.82) is 0 Å². The summed E-state index contributed by atoms with van der Waals surface area (Å²) in [7, 11) is 0. The molecule has 4 heterocycles. The zero-order valence-electron chi connectivity index (χ0n) is 15.6. The Hall–Kier alpha value is -2.22. The number of piperidine rings is 1. The molecule has 0 N–H and O–H groups in total. The predicted molar refractivity (Wildman–Crippen MR) is 103 cm³/mol. The van der Waals surface area contributed by atoms with E-state index in [9.17, 15) is 9.59 Å². The molecule has 0 saturated carbocycles. The van der Waals surface area contributed by atoms with Crippen LogP contribution >= 0.6 is 11.3 Å². The van der Waals surface area contributed by atoms with Crippen molar-refractivity contribution >= 4 is 23.2 Å². The first-order valence-electron chi connectivity index (χ1n) is 9.73. The maximum absolute atomic E-state index is 12.7. The van der Waals surface area contributed by atoms with Gasteiger partial charge in [-0.3, -0.25) is 9.59 Å². The summed E-state index contributed by atoms with van der Waals surface area (Å²) < 4.78 is 2.15. The third-order valence-electron chi connectivity index (χ3n) is 5.50. The average molecular weight is 388 g/mol. The summed E-state index contributed by atoms with van der Waals surface area (Å²) in [6.07, 6.45) is 4.29. The van der Waals surface area contributed by atoms with Crippen molar-refractivity contribution in [3.05, 3.63) is 34.0 Å². The van der Waals surface area contributed by atoms with E-state index in [0.29, 0.717) is 32.5 Å². The molecule has 1 fully saturated rings. The van der Waals surface area contributed by atoms with Crippen LogP contribution in [0.3, 0.4) is 0 Å². The molecule has 1 saturated heterocycles. The molecule has 0 aromatic carbocycles. The number of rotatable bonds is 3. The Labute approximate surface area is 163 Å². The quantitative estimate of drug-likeness (QED) is 0.811. The minimum atomic E-state index is 0.00648. The number of thiophene rings is 1.